The lowest BCUT2D eigenvalue weighted by Gasteiger charge is -2.35. The van der Waals surface area contributed by atoms with Gasteiger partial charge >= 0.3 is 0 Å². The Morgan fingerprint density at radius 2 is 2.25 bits per heavy atom. The van der Waals surface area contributed by atoms with Crippen LogP contribution in [0.1, 0.15) is 19.8 Å². The van der Waals surface area contributed by atoms with Gasteiger partial charge in [-0.3, -0.25) is 4.79 Å². The molecule has 1 unspecified atom stereocenters. The predicted molar refractivity (Wildman–Crippen MR) is 61.0 cm³/mol. The largest absolute Gasteiger partial charge is 0.383 e. The Labute approximate surface area is 96.7 Å². The van der Waals surface area contributed by atoms with Crippen LogP contribution in [0.25, 0.3) is 0 Å². The molecule has 0 radical (unpaired) electrons. The summed E-state index contributed by atoms with van der Waals surface area (Å²) in [6, 6.07) is 0. The van der Waals surface area contributed by atoms with Gasteiger partial charge in [-0.1, -0.05) is 0 Å². The summed E-state index contributed by atoms with van der Waals surface area (Å²) in [6.07, 6.45) is 1.77. The van der Waals surface area contributed by atoms with Gasteiger partial charge in [-0.05, 0) is 32.2 Å². The molecule has 1 atom stereocenters. The van der Waals surface area contributed by atoms with E-state index in [1.807, 2.05) is 0 Å². The number of hydrogen-bond donors (Lipinski definition) is 2. The van der Waals surface area contributed by atoms with E-state index in [0.29, 0.717) is 25.6 Å². The van der Waals surface area contributed by atoms with E-state index in [9.17, 15) is 4.79 Å². The van der Waals surface area contributed by atoms with Crippen LogP contribution in [0.15, 0.2) is 0 Å². The molecule has 5 nitrogen and oxygen atoms in total. The summed E-state index contributed by atoms with van der Waals surface area (Å²) in [4.78, 5) is 11.5. The maximum absolute atomic E-state index is 11.5. The molecule has 3 N–H and O–H groups in total. The molecule has 1 rings (SSSR count). The van der Waals surface area contributed by atoms with Crippen molar-refractivity contribution in [3.8, 4) is 0 Å². The van der Waals surface area contributed by atoms with Crippen LogP contribution in [0.5, 0.6) is 0 Å². The number of rotatable bonds is 7. The normalized spacial score (nSPS) is 25.9. The Morgan fingerprint density at radius 1 is 1.56 bits per heavy atom. The summed E-state index contributed by atoms with van der Waals surface area (Å²) in [6.45, 7) is 3.54. The monoisotopic (exact) mass is 230 g/mol. The van der Waals surface area contributed by atoms with Crippen LogP contribution in [0.3, 0.4) is 0 Å². The number of hydrogen-bond acceptors (Lipinski definition) is 4. The van der Waals surface area contributed by atoms with Gasteiger partial charge < -0.3 is 20.5 Å². The van der Waals surface area contributed by atoms with Gasteiger partial charge in [0.05, 0.1) is 12.7 Å². The molecule has 0 saturated heterocycles. The van der Waals surface area contributed by atoms with Crippen molar-refractivity contribution < 1.29 is 14.3 Å². The van der Waals surface area contributed by atoms with Gasteiger partial charge in [-0.2, -0.15) is 0 Å². The minimum atomic E-state index is -0.388. The van der Waals surface area contributed by atoms with Crippen LogP contribution in [0, 0.1) is 5.92 Å². The zero-order valence-electron chi connectivity index (χ0n) is 10.1. The first-order valence-corrected chi connectivity index (χ1v) is 5.79. The third-order valence-corrected chi connectivity index (χ3v) is 2.90. The van der Waals surface area contributed by atoms with Crippen molar-refractivity contribution >= 4 is 5.91 Å². The Balaban J connectivity index is 2.10. The fourth-order valence-electron chi connectivity index (χ4n) is 1.75. The highest BCUT2D eigenvalue weighted by atomic mass is 16.5. The quantitative estimate of drug-likeness (QED) is 0.599. The summed E-state index contributed by atoms with van der Waals surface area (Å²) in [5, 5.41) is 2.75. The van der Waals surface area contributed by atoms with E-state index in [-0.39, 0.29) is 18.1 Å². The third-order valence-electron chi connectivity index (χ3n) is 2.90. The number of nitrogens with two attached hydrogens (primary N) is 1. The van der Waals surface area contributed by atoms with Gasteiger partial charge in [0.15, 0.2) is 0 Å². The molecular formula is C11H22N2O3. The van der Waals surface area contributed by atoms with Crippen molar-refractivity contribution in [2.75, 3.05) is 26.8 Å². The molecule has 1 fully saturated rings. The zero-order chi connectivity index (χ0) is 12.0. The summed E-state index contributed by atoms with van der Waals surface area (Å²) < 4.78 is 10.4. The van der Waals surface area contributed by atoms with Crippen molar-refractivity contribution in [3.63, 3.8) is 0 Å². The average Bonchev–Trinajstić information content (AvgIpc) is 2.22. The van der Waals surface area contributed by atoms with Crippen molar-refractivity contribution in [3.05, 3.63) is 0 Å². The van der Waals surface area contributed by atoms with E-state index in [1.54, 1.807) is 14.0 Å². The minimum Gasteiger partial charge on any atom is -0.383 e. The number of nitrogens with one attached hydrogen (secondary N) is 1. The van der Waals surface area contributed by atoms with Gasteiger partial charge in [0.25, 0.3) is 0 Å². The fraction of sp³-hybridized carbons (Fsp3) is 0.909. The van der Waals surface area contributed by atoms with E-state index in [1.165, 1.54) is 0 Å². The number of amides is 1. The second-order valence-electron chi connectivity index (χ2n) is 4.26. The first-order chi connectivity index (χ1) is 7.67. The van der Waals surface area contributed by atoms with Crippen LogP contribution in [0.4, 0.5) is 0 Å². The molecule has 0 bridgehead atoms. The summed E-state index contributed by atoms with van der Waals surface area (Å²) >= 11 is 0. The lowest BCUT2D eigenvalue weighted by Crippen LogP contribution is -2.43. The van der Waals surface area contributed by atoms with Crippen LogP contribution in [-0.4, -0.2) is 44.9 Å². The van der Waals surface area contributed by atoms with Gasteiger partial charge in [0.1, 0.15) is 6.10 Å². The number of carbonyl (C=O) groups is 1. The van der Waals surface area contributed by atoms with Crippen LogP contribution in [0.2, 0.25) is 0 Å². The number of carbonyl (C=O) groups excluding carboxylic acids is 1. The smallest absolute Gasteiger partial charge is 0.248 e. The molecule has 0 aromatic carbocycles. The highest BCUT2D eigenvalue weighted by Gasteiger charge is 2.31. The molecule has 94 valence electrons. The average molecular weight is 230 g/mol. The van der Waals surface area contributed by atoms with Crippen molar-refractivity contribution in [1.82, 2.24) is 5.32 Å². The first kappa shape index (κ1) is 13.4. The lowest BCUT2D eigenvalue weighted by atomic mass is 9.82. The molecular weight excluding hydrogens is 208 g/mol. The second-order valence-corrected chi connectivity index (χ2v) is 4.26. The second kappa shape index (κ2) is 6.83. The topological polar surface area (TPSA) is 73.6 Å². The lowest BCUT2D eigenvalue weighted by molar-refractivity contribution is -0.141. The molecule has 0 heterocycles. The molecule has 1 aliphatic carbocycles. The molecule has 16 heavy (non-hydrogen) atoms. The molecule has 1 aliphatic rings. The SMILES string of the molecule is COCCNC(=O)C(C)OC1CC(CN)C1. The predicted octanol–water partition coefficient (Wildman–Crippen LogP) is -0.109. The molecule has 0 aromatic rings. The molecule has 5 heteroatoms. The zero-order valence-corrected chi connectivity index (χ0v) is 10.1. The van der Waals surface area contributed by atoms with Gasteiger partial charge in [0, 0.05) is 13.7 Å². The van der Waals surface area contributed by atoms with Crippen molar-refractivity contribution in [2.24, 2.45) is 11.7 Å². The van der Waals surface area contributed by atoms with E-state index in [4.69, 9.17) is 15.2 Å². The summed E-state index contributed by atoms with van der Waals surface area (Å²) in [5.41, 5.74) is 5.52. The van der Waals surface area contributed by atoms with Gasteiger partial charge in [0.2, 0.25) is 5.91 Å². The van der Waals surface area contributed by atoms with Crippen LogP contribution < -0.4 is 11.1 Å². The molecule has 0 spiro atoms. The molecule has 0 aliphatic heterocycles. The van der Waals surface area contributed by atoms with Gasteiger partial charge in [-0.25, -0.2) is 0 Å². The van der Waals surface area contributed by atoms with E-state index in [2.05, 4.69) is 5.32 Å². The molecule has 1 amide bonds. The van der Waals surface area contributed by atoms with Crippen molar-refractivity contribution in [1.29, 1.82) is 0 Å². The Kier molecular flexibility index (Phi) is 5.73. The maximum atomic E-state index is 11.5. The van der Waals surface area contributed by atoms with E-state index in [0.717, 1.165) is 12.8 Å². The minimum absolute atomic E-state index is 0.0757. The fourth-order valence-corrected chi connectivity index (χ4v) is 1.75. The number of methoxy groups -OCH3 is 1. The Morgan fingerprint density at radius 3 is 2.81 bits per heavy atom. The van der Waals surface area contributed by atoms with E-state index >= 15 is 0 Å². The van der Waals surface area contributed by atoms with E-state index < -0.39 is 0 Å². The highest BCUT2D eigenvalue weighted by Crippen LogP contribution is 2.29. The molecule has 0 aromatic heterocycles. The highest BCUT2D eigenvalue weighted by molar-refractivity contribution is 5.80. The summed E-state index contributed by atoms with van der Waals surface area (Å²) in [5.74, 6) is 0.502. The van der Waals surface area contributed by atoms with Crippen LogP contribution in [-0.2, 0) is 14.3 Å². The Bertz CT molecular complexity index is 217. The maximum Gasteiger partial charge on any atom is 0.248 e. The third kappa shape index (κ3) is 4.08. The summed E-state index contributed by atoms with van der Waals surface area (Å²) in [7, 11) is 1.60. The number of ether oxygens (including phenoxy) is 2. The Hall–Kier alpha value is -0.650. The first-order valence-electron chi connectivity index (χ1n) is 5.79. The molecule has 1 saturated carbocycles. The van der Waals surface area contributed by atoms with Crippen molar-refractivity contribution in [2.45, 2.75) is 32.0 Å². The standard InChI is InChI=1S/C11H22N2O3/c1-8(11(14)13-3-4-15-2)16-10-5-9(6-10)7-12/h8-10H,3-7,12H2,1-2H3,(H,13,14). The van der Waals surface area contributed by atoms with Gasteiger partial charge in [-0.15, -0.1) is 0 Å². The van der Waals surface area contributed by atoms with Crippen LogP contribution >= 0.6 is 0 Å².